The molecule has 92 valence electrons. The first kappa shape index (κ1) is 12.2. The number of aliphatic hydroxyl groups is 1. The molecule has 2 rings (SSSR count). The van der Waals surface area contributed by atoms with Crippen molar-refractivity contribution in [1.29, 1.82) is 0 Å². The topological polar surface area (TPSA) is 81.1 Å². The summed E-state index contributed by atoms with van der Waals surface area (Å²) in [6, 6.07) is 0. The van der Waals surface area contributed by atoms with E-state index in [1.165, 1.54) is 22.2 Å². The van der Waals surface area contributed by atoms with Gasteiger partial charge in [0, 0.05) is 11.4 Å². The number of nitrogens with zero attached hydrogens (tertiary/aromatic N) is 2. The average Bonchev–Trinajstić information content (AvgIpc) is 2.59. The van der Waals surface area contributed by atoms with E-state index in [1.807, 2.05) is 13.8 Å². The van der Waals surface area contributed by atoms with Gasteiger partial charge >= 0.3 is 0 Å². The first-order valence-corrected chi connectivity index (χ1v) is 6.19. The van der Waals surface area contributed by atoms with Crippen molar-refractivity contribution in [2.75, 3.05) is 6.54 Å². The van der Waals surface area contributed by atoms with Crippen molar-refractivity contribution in [3.8, 4) is 0 Å². The molecule has 0 amide bonds. The van der Waals surface area contributed by atoms with Crippen LogP contribution >= 0.6 is 11.3 Å². The van der Waals surface area contributed by atoms with E-state index >= 15 is 0 Å². The number of nitrogens with two attached hydrogens (primary N) is 1. The molecule has 2 aromatic heterocycles. The van der Waals surface area contributed by atoms with Crippen LogP contribution in [0.1, 0.15) is 10.4 Å². The maximum atomic E-state index is 12.2. The number of aliphatic hydroxyl groups excluding tert-OH is 1. The number of aromatic nitrogens is 2. The molecule has 0 saturated carbocycles. The molecule has 0 spiro atoms. The minimum Gasteiger partial charge on any atom is -0.390 e. The lowest BCUT2D eigenvalue weighted by molar-refractivity contribution is 0.160. The molecule has 0 radical (unpaired) electrons. The van der Waals surface area contributed by atoms with Gasteiger partial charge in [0.25, 0.3) is 5.56 Å². The SMILES string of the molecule is Cc1sc2ncn(CC(O)CN)c(=O)c2c1C. The summed E-state index contributed by atoms with van der Waals surface area (Å²) in [5, 5.41) is 10.1. The van der Waals surface area contributed by atoms with Crippen molar-refractivity contribution >= 4 is 21.6 Å². The summed E-state index contributed by atoms with van der Waals surface area (Å²) in [7, 11) is 0. The first-order chi connectivity index (χ1) is 8.04. The standard InChI is InChI=1S/C11H15N3O2S/c1-6-7(2)17-10-9(6)11(16)14(5-13-10)4-8(15)3-12/h5,8,15H,3-4,12H2,1-2H3. The van der Waals surface area contributed by atoms with E-state index in [9.17, 15) is 9.90 Å². The van der Waals surface area contributed by atoms with E-state index in [1.54, 1.807) is 0 Å². The second-order valence-corrected chi connectivity index (χ2v) is 5.26. The van der Waals surface area contributed by atoms with E-state index in [-0.39, 0.29) is 18.6 Å². The Morgan fingerprint density at radius 3 is 2.94 bits per heavy atom. The third-order valence-electron chi connectivity index (χ3n) is 2.84. The minimum absolute atomic E-state index is 0.107. The van der Waals surface area contributed by atoms with Gasteiger partial charge in [-0.25, -0.2) is 4.98 Å². The normalized spacial score (nSPS) is 13.2. The second-order valence-electron chi connectivity index (χ2n) is 4.06. The Balaban J connectivity index is 2.57. The van der Waals surface area contributed by atoms with Crippen LogP contribution in [0.5, 0.6) is 0 Å². The van der Waals surface area contributed by atoms with E-state index < -0.39 is 6.10 Å². The van der Waals surface area contributed by atoms with Gasteiger partial charge in [0.05, 0.1) is 24.4 Å². The third kappa shape index (κ3) is 2.11. The van der Waals surface area contributed by atoms with Crippen LogP contribution in [0.15, 0.2) is 11.1 Å². The van der Waals surface area contributed by atoms with E-state index in [0.29, 0.717) is 5.39 Å². The molecular formula is C11H15N3O2S. The summed E-state index contributed by atoms with van der Waals surface area (Å²) < 4.78 is 1.42. The molecule has 0 fully saturated rings. The van der Waals surface area contributed by atoms with Crippen LogP contribution in [0.3, 0.4) is 0 Å². The third-order valence-corrected chi connectivity index (χ3v) is 3.95. The molecule has 5 nitrogen and oxygen atoms in total. The van der Waals surface area contributed by atoms with Crippen LogP contribution in [0.25, 0.3) is 10.2 Å². The van der Waals surface area contributed by atoms with Crippen molar-refractivity contribution in [3.05, 3.63) is 27.1 Å². The Morgan fingerprint density at radius 1 is 1.59 bits per heavy atom. The molecule has 3 N–H and O–H groups in total. The Kier molecular flexibility index (Phi) is 3.28. The van der Waals surface area contributed by atoms with Crippen LogP contribution in [0.2, 0.25) is 0 Å². The fourth-order valence-electron chi connectivity index (χ4n) is 1.70. The minimum atomic E-state index is -0.716. The van der Waals surface area contributed by atoms with Crippen LogP contribution < -0.4 is 11.3 Å². The Hall–Kier alpha value is -1.24. The fraction of sp³-hybridized carbons (Fsp3) is 0.455. The summed E-state index contributed by atoms with van der Waals surface area (Å²) in [4.78, 5) is 18.3. The molecule has 0 aliphatic rings. The quantitative estimate of drug-likeness (QED) is 0.829. The molecule has 0 aliphatic heterocycles. The van der Waals surface area contributed by atoms with Crippen LogP contribution in [-0.4, -0.2) is 27.3 Å². The highest BCUT2D eigenvalue weighted by molar-refractivity contribution is 7.18. The zero-order valence-electron chi connectivity index (χ0n) is 9.80. The summed E-state index contributed by atoms with van der Waals surface area (Å²) in [5.41, 5.74) is 6.20. The molecule has 0 bridgehead atoms. The number of hydrogen-bond acceptors (Lipinski definition) is 5. The number of rotatable bonds is 3. The summed E-state index contributed by atoms with van der Waals surface area (Å²) in [6.45, 7) is 4.21. The molecule has 1 atom stereocenters. The molecule has 0 aliphatic carbocycles. The van der Waals surface area contributed by atoms with Gasteiger partial charge in [-0.05, 0) is 19.4 Å². The Morgan fingerprint density at radius 2 is 2.29 bits per heavy atom. The Labute approximate surface area is 103 Å². The zero-order chi connectivity index (χ0) is 12.6. The van der Waals surface area contributed by atoms with Gasteiger partial charge in [-0.2, -0.15) is 0 Å². The van der Waals surface area contributed by atoms with E-state index in [4.69, 9.17) is 5.73 Å². The largest absolute Gasteiger partial charge is 0.390 e. The van der Waals surface area contributed by atoms with Crippen LogP contribution in [-0.2, 0) is 6.54 Å². The van der Waals surface area contributed by atoms with Gasteiger partial charge in [-0.1, -0.05) is 0 Å². The van der Waals surface area contributed by atoms with Gasteiger partial charge < -0.3 is 10.8 Å². The molecule has 0 saturated heterocycles. The number of fused-ring (bicyclic) bond motifs is 1. The van der Waals surface area contributed by atoms with Crippen molar-refractivity contribution in [1.82, 2.24) is 9.55 Å². The molecule has 2 heterocycles. The van der Waals surface area contributed by atoms with Gasteiger partial charge in [0.1, 0.15) is 4.83 Å². The van der Waals surface area contributed by atoms with Gasteiger partial charge in [0.15, 0.2) is 0 Å². The van der Waals surface area contributed by atoms with E-state index in [0.717, 1.165) is 15.3 Å². The lowest BCUT2D eigenvalue weighted by atomic mass is 10.2. The molecule has 2 aromatic rings. The second kappa shape index (κ2) is 4.56. The smallest absolute Gasteiger partial charge is 0.262 e. The van der Waals surface area contributed by atoms with Crippen LogP contribution in [0.4, 0.5) is 0 Å². The predicted octanol–water partition coefficient (Wildman–Crippen LogP) is 0.394. The molecule has 17 heavy (non-hydrogen) atoms. The predicted molar refractivity (Wildman–Crippen MR) is 68.4 cm³/mol. The monoisotopic (exact) mass is 253 g/mol. The van der Waals surface area contributed by atoms with Gasteiger partial charge in [-0.3, -0.25) is 9.36 Å². The lowest BCUT2D eigenvalue weighted by Gasteiger charge is -2.09. The lowest BCUT2D eigenvalue weighted by Crippen LogP contribution is -2.31. The first-order valence-electron chi connectivity index (χ1n) is 5.38. The van der Waals surface area contributed by atoms with Crippen molar-refractivity contribution in [2.24, 2.45) is 5.73 Å². The molecular weight excluding hydrogens is 238 g/mol. The van der Waals surface area contributed by atoms with Gasteiger partial charge in [0.2, 0.25) is 0 Å². The molecule has 1 unspecified atom stereocenters. The number of hydrogen-bond donors (Lipinski definition) is 2. The van der Waals surface area contributed by atoms with Crippen molar-refractivity contribution < 1.29 is 5.11 Å². The zero-order valence-corrected chi connectivity index (χ0v) is 10.6. The molecule has 0 aromatic carbocycles. The average molecular weight is 253 g/mol. The van der Waals surface area contributed by atoms with Crippen LogP contribution in [0, 0.1) is 13.8 Å². The highest BCUT2D eigenvalue weighted by atomic mass is 32.1. The Bertz CT molecular complexity index is 603. The highest BCUT2D eigenvalue weighted by Crippen LogP contribution is 2.25. The van der Waals surface area contributed by atoms with Crippen molar-refractivity contribution in [2.45, 2.75) is 26.5 Å². The summed E-state index contributed by atoms with van der Waals surface area (Å²) in [6.07, 6.45) is 0.755. The number of aryl methyl sites for hydroxylation is 2. The molecule has 6 heteroatoms. The highest BCUT2D eigenvalue weighted by Gasteiger charge is 2.13. The number of thiophene rings is 1. The van der Waals surface area contributed by atoms with Crippen molar-refractivity contribution in [3.63, 3.8) is 0 Å². The summed E-state index contributed by atoms with van der Waals surface area (Å²) in [5.74, 6) is 0. The van der Waals surface area contributed by atoms with Gasteiger partial charge in [-0.15, -0.1) is 11.3 Å². The fourth-order valence-corrected chi connectivity index (χ4v) is 2.69. The maximum Gasteiger partial charge on any atom is 0.262 e. The maximum absolute atomic E-state index is 12.2. The van der Waals surface area contributed by atoms with E-state index in [2.05, 4.69) is 4.98 Å². The summed E-state index contributed by atoms with van der Waals surface area (Å²) >= 11 is 1.51.